The highest BCUT2D eigenvalue weighted by molar-refractivity contribution is 4.81. The molecule has 1 atom stereocenters. The first-order valence-corrected chi connectivity index (χ1v) is 17.5. The minimum atomic E-state index is 0.176. The van der Waals surface area contributed by atoms with Gasteiger partial charge >= 0.3 is 0 Å². The van der Waals surface area contributed by atoms with Crippen molar-refractivity contribution in [2.75, 3.05) is 26.2 Å². The quantitative estimate of drug-likeness (QED) is 0.0647. The fraction of sp³-hybridized carbons (Fsp3) is 0.943. The van der Waals surface area contributed by atoms with E-state index in [0.717, 1.165) is 19.7 Å². The first kappa shape index (κ1) is 37.6. The summed E-state index contributed by atoms with van der Waals surface area (Å²) >= 11 is 0. The second-order valence-corrected chi connectivity index (χ2v) is 11.8. The van der Waals surface area contributed by atoms with E-state index in [-0.39, 0.29) is 6.10 Å². The number of ether oxygens (including phenoxy) is 1. The third-order valence-electron chi connectivity index (χ3n) is 7.85. The lowest BCUT2D eigenvalue weighted by Gasteiger charge is -2.16. The zero-order valence-electron chi connectivity index (χ0n) is 26.4. The van der Waals surface area contributed by atoms with E-state index in [4.69, 9.17) is 10.5 Å². The summed E-state index contributed by atoms with van der Waals surface area (Å²) in [5, 5.41) is 3.57. The Morgan fingerprint density at radius 3 is 1.37 bits per heavy atom. The molecule has 0 rings (SSSR count). The summed E-state index contributed by atoms with van der Waals surface area (Å²) < 4.78 is 6.03. The minimum Gasteiger partial charge on any atom is -0.376 e. The molecule has 0 aromatic heterocycles. The molecule has 1 unspecified atom stereocenters. The summed E-state index contributed by atoms with van der Waals surface area (Å²) in [6, 6.07) is 0. The van der Waals surface area contributed by atoms with Gasteiger partial charge in [0.05, 0.1) is 6.10 Å². The molecule has 0 bridgehead atoms. The Balaban J connectivity index is 3.29. The molecule has 38 heavy (non-hydrogen) atoms. The lowest BCUT2D eigenvalue weighted by Crippen LogP contribution is -2.35. The van der Waals surface area contributed by atoms with Crippen molar-refractivity contribution in [3.8, 4) is 0 Å². The number of allylic oxidation sites excluding steroid dienone is 2. The zero-order chi connectivity index (χ0) is 27.6. The van der Waals surface area contributed by atoms with E-state index in [0.29, 0.717) is 6.54 Å². The van der Waals surface area contributed by atoms with Gasteiger partial charge in [-0.2, -0.15) is 0 Å². The minimum absolute atomic E-state index is 0.176. The van der Waals surface area contributed by atoms with Crippen LogP contribution in [0.4, 0.5) is 0 Å². The number of rotatable bonds is 33. The summed E-state index contributed by atoms with van der Waals surface area (Å²) in [4.78, 5) is 0. The molecule has 0 saturated carbocycles. The van der Waals surface area contributed by atoms with Crippen molar-refractivity contribution >= 4 is 0 Å². The van der Waals surface area contributed by atoms with Crippen molar-refractivity contribution in [2.24, 2.45) is 5.73 Å². The molecule has 3 nitrogen and oxygen atoms in total. The predicted molar refractivity (Wildman–Crippen MR) is 172 cm³/mol. The Morgan fingerprint density at radius 2 is 0.921 bits per heavy atom. The second-order valence-electron chi connectivity index (χ2n) is 11.8. The van der Waals surface area contributed by atoms with Crippen LogP contribution in [0.2, 0.25) is 0 Å². The normalized spacial score (nSPS) is 12.6. The highest BCUT2D eigenvalue weighted by Gasteiger charge is 2.06. The smallest absolute Gasteiger partial charge is 0.0821 e. The number of nitrogens with two attached hydrogens (primary N) is 1. The highest BCUT2D eigenvalue weighted by atomic mass is 16.5. The predicted octanol–water partition coefficient (Wildman–Crippen LogP) is 10.7. The molecule has 3 N–H and O–H groups in total. The number of nitrogens with one attached hydrogen (secondary N) is 1. The van der Waals surface area contributed by atoms with Gasteiger partial charge in [-0.1, -0.05) is 154 Å². The fourth-order valence-corrected chi connectivity index (χ4v) is 5.16. The average molecular weight is 537 g/mol. The standard InChI is InChI=1S/C35H72N2O/c1-3-5-7-9-11-13-15-17-18-19-20-22-24-26-28-30-32-38-35(33-36)34-37-31-29-27-25-23-21-16-14-12-10-8-6-4-2/h17-18,35,37H,3-16,19-34,36H2,1-2H3/b18-17-. The molecule has 0 aliphatic rings. The van der Waals surface area contributed by atoms with Crippen LogP contribution in [0.3, 0.4) is 0 Å². The summed E-state index contributed by atoms with van der Waals surface area (Å²) in [6.45, 7) is 8.07. The average Bonchev–Trinajstić information content (AvgIpc) is 2.93. The van der Waals surface area contributed by atoms with Crippen LogP contribution < -0.4 is 11.1 Å². The van der Waals surface area contributed by atoms with Crippen molar-refractivity contribution in [3.63, 3.8) is 0 Å². The lowest BCUT2D eigenvalue weighted by atomic mass is 10.1. The largest absolute Gasteiger partial charge is 0.376 e. The maximum atomic E-state index is 6.03. The van der Waals surface area contributed by atoms with Gasteiger partial charge in [-0.15, -0.1) is 0 Å². The maximum Gasteiger partial charge on any atom is 0.0821 e. The van der Waals surface area contributed by atoms with Crippen molar-refractivity contribution in [1.82, 2.24) is 5.32 Å². The molecule has 228 valence electrons. The molecule has 0 fully saturated rings. The van der Waals surface area contributed by atoms with Gasteiger partial charge in [0.25, 0.3) is 0 Å². The molecule has 0 aliphatic carbocycles. The monoisotopic (exact) mass is 537 g/mol. The van der Waals surface area contributed by atoms with Crippen LogP contribution in [0.1, 0.15) is 181 Å². The summed E-state index contributed by atoms with van der Waals surface area (Å²) in [5.41, 5.74) is 5.93. The van der Waals surface area contributed by atoms with E-state index in [1.807, 2.05) is 0 Å². The Hall–Kier alpha value is -0.380. The van der Waals surface area contributed by atoms with Gasteiger partial charge < -0.3 is 15.8 Å². The summed E-state index contributed by atoms with van der Waals surface area (Å²) in [6.07, 6.45) is 40.7. The van der Waals surface area contributed by atoms with E-state index >= 15 is 0 Å². The van der Waals surface area contributed by atoms with Gasteiger partial charge in [-0.25, -0.2) is 0 Å². The number of hydrogen-bond donors (Lipinski definition) is 2. The molecule has 0 aromatic rings. The Bertz CT molecular complexity index is 440. The van der Waals surface area contributed by atoms with Gasteiger partial charge in [0, 0.05) is 19.7 Å². The highest BCUT2D eigenvalue weighted by Crippen LogP contribution is 2.12. The van der Waals surface area contributed by atoms with E-state index in [9.17, 15) is 0 Å². The molecular weight excluding hydrogens is 464 g/mol. The summed E-state index contributed by atoms with van der Waals surface area (Å²) in [7, 11) is 0. The van der Waals surface area contributed by atoms with Crippen LogP contribution in [-0.4, -0.2) is 32.3 Å². The molecule has 0 amide bonds. The lowest BCUT2D eigenvalue weighted by molar-refractivity contribution is 0.0563. The van der Waals surface area contributed by atoms with Crippen LogP contribution >= 0.6 is 0 Å². The number of hydrogen-bond acceptors (Lipinski definition) is 3. The SMILES string of the molecule is CCCCCCCC/C=C\CCCCCCCCOC(CN)CNCCCCCCCCCCCCCC. The molecule has 3 heteroatoms. The van der Waals surface area contributed by atoms with Gasteiger partial charge in [0.2, 0.25) is 0 Å². The Morgan fingerprint density at radius 1 is 0.526 bits per heavy atom. The van der Waals surface area contributed by atoms with Crippen LogP contribution in [-0.2, 0) is 4.74 Å². The van der Waals surface area contributed by atoms with Gasteiger partial charge in [-0.3, -0.25) is 0 Å². The van der Waals surface area contributed by atoms with E-state index in [2.05, 4.69) is 31.3 Å². The second kappa shape index (κ2) is 34.6. The van der Waals surface area contributed by atoms with Crippen molar-refractivity contribution in [3.05, 3.63) is 12.2 Å². The first-order chi connectivity index (χ1) is 18.8. The van der Waals surface area contributed by atoms with Crippen molar-refractivity contribution < 1.29 is 4.74 Å². The van der Waals surface area contributed by atoms with Crippen molar-refractivity contribution in [2.45, 2.75) is 187 Å². The molecule has 0 aliphatic heterocycles. The molecule has 0 radical (unpaired) electrons. The van der Waals surface area contributed by atoms with Crippen LogP contribution in [0.5, 0.6) is 0 Å². The maximum absolute atomic E-state index is 6.03. The van der Waals surface area contributed by atoms with Gasteiger partial charge in [0.15, 0.2) is 0 Å². The van der Waals surface area contributed by atoms with Crippen LogP contribution in [0.25, 0.3) is 0 Å². The van der Waals surface area contributed by atoms with E-state index < -0.39 is 0 Å². The van der Waals surface area contributed by atoms with Crippen LogP contribution in [0.15, 0.2) is 12.2 Å². The van der Waals surface area contributed by atoms with Gasteiger partial charge in [0.1, 0.15) is 0 Å². The fourth-order valence-electron chi connectivity index (χ4n) is 5.16. The number of unbranched alkanes of at least 4 members (excludes halogenated alkanes) is 23. The molecule has 0 heterocycles. The van der Waals surface area contributed by atoms with Crippen LogP contribution in [0, 0.1) is 0 Å². The van der Waals surface area contributed by atoms with Crippen molar-refractivity contribution in [1.29, 1.82) is 0 Å². The molecule has 0 aromatic carbocycles. The molecule has 0 saturated heterocycles. The molecular formula is C35H72N2O. The van der Waals surface area contributed by atoms with E-state index in [1.165, 1.54) is 167 Å². The third kappa shape index (κ3) is 31.8. The Kier molecular flexibility index (Phi) is 34.3. The first-order valence-electron chi connectivity index (χ1n) is 17.5. The third-order valence-corrected chi connectivity index (χ3v) is 7.85. The zero-order valence-corrected chi connectivity index (χ0v) is 26.4. The Labute approximate surface area is 240 Å². The topological polar surface area (TPSA) is 47.3 Å². The van der Waals surface area contributed by atoms with Gasteiger partial charge in [-0.05, 0) is 45.1 Å². The molecule has 0 spiro atoms. The summed E-state index contributed by atoms with van der Waals surface area (Å²) in [5.74, 6) is 0. The van der Waals surface area contributed by atoms with E-state index in [1.54, 1.807) is 0 Å².